The second-order valence-corrected chi connectivity index (χ2v) is 2.68. The zero-order valence-electron chi connectivity index (χ0n) is 8.06. The molecule has 0 aliphatic rings. The second kappa shape index (κ2) is 5.64. The van der Waals surface area contributed by atoms with Gasteiger partial charge in [-0.25, -0.2) is 10.2 Å². The van der Waals surface area contributed by atoms with E-state index in [-0.39, 0.29) is 5.75 Å². The molecule has 0 spiro atoms. The monoisotopic (exact) mass is 229 g/mol. The molecule has 1 rings (SSSR count). The summed E-state index contributed by atoms with van der Waals surface area (Å²) in [5.74, 6) is 0.0509. The fourth-order valence-electron chi connectivity index (χ4n) is 0.906. The molecule has 0 saturated heterocycles. The van der Waals surface area contributed by atoms with Gasteiger partial charge in [0, 0.05) is 0 Å². The summed E-state index contributed by atoms with van der Waals surface area (Å²) in [5.41, 5.74) is 7.37. The first-order valence-corrected chi connectivity index (χ1v) is 4.21. The number of nitrogens with two attached hydrogens (primary N) is 1. The minimum absolute atomic E-state index is 0.0509. The van der Waals surface area contributed by atoms with Crippen molar-refractivity contribution in [3.8, 4) is 5.75 Å². The Kier molecular flexibility index (Phi) is 4.19. The topological polar surface area (TPSA) is 76.7 Å². The maximum atomic E-state index is 11.8. The number of rotatable bonds is 4. The lowest BCUT2D eigenvalue weighted by molar-refractivity contribution is -0.0498. The molecule has 5 nitrogen and oxygen atoms in total. The molecule has 0 bridgehead atoms. The van der Waals surface area contributed by atoms with Gasteiger partial charge < -0.3 is 10.5 Å². The van der Waals surface area contributed by atoms with Crippen molar-refractivity contribution in [2.24, 2.45) is 10.8 Å². The van der Waals surface area contributed by atoms with Gasteiger partial charge in [-0.15, -0.1) is 0 Å². The molecule has 0 aliphatic carbocycles. The van der Waals surface area contributed by atoms with Crippen LogP contribution in [0.1, 0.15) is 5.56 Å². The molecule has 0 fully saturated rings. The predicted molar refractivity (Wildman–Crippen MR) is 53.4 cm³/mol. The van der Waals surface area contributed by atoms with Crippen molar-refractivity contribution in [2.75, 3.05) is 0 Å². The standard InChI is InChI=1S/C9H9F2N3O2/c10-8(11)16-7-3-1-6(2-4-7)5-13-14-9(12)15/h1-5,8H,(H3,12,14,15)/b13-5-. The van der Waals surface area contributed by atoms with E-state index in [1.807, 2.05) is 5.43 Å². The van der Waals surface area contributed by atoms with E-state index in [0.717, 1.165) is 0 Å². The van der Waals surface area contributed by atoms with Crippen LogP contribution < -0.4 is 15.9 Å². The molecule has 0 unspecified atom stereocenters. The van der Waals surface area contributed by atoms with Crippen LogP contribution in [-0.4, -0.2) is 18.9 Å². The van der Waals surface area contributed by atoms with Crippen LogP contribution in [0.5, 0.6) is 5.75 Å². The zero-order chi connectivity index (χ0) is 12.0. The van der Waals surface area contributed by atoms with E-state index in [4.69, 9.17) is 5.73 Å². The van der Waals surface area contributed by atoms with Crippen LogP contribution in [0.15, 0.2) is 29.4 Å². The maximum absolute atomic E-state index is 11.8. The lowest BCUT2D eigenvalue weighted by Gasteiger charge is -2.03. The molecular weight excluding hydrogens is 220 g/mol. The molecule has 1 aromatic carbocycles. The Hall–Kier alpha value is -2.18. The van der Waals surface area contributed by atoms with Gasteiger partial charge in [0.05, 0.1) is 6.21 Å². The normalized spacial score (nSPS) is 10.7. The molecule has 3 N–H and O–H groups in total. The lowest BCUT2D eigenvalue weighted by Crippen LogP contribution is -2.24. The van der Waals surface area contributed by atoms with Crippen molar-refractivity contribution >= 4 is 12.2 Å². The minimum Gasteiger partial charge on any atom is -0.435 e. The van der Waals surface area contributed by atoms with E-state index in [1.165, 1.54) is 30.5 Å². The van der Waals surface area contributed by atoms with Crippen LogP contribution in [0.4, 0.5) is 13.6 Å². The number of primary amides is 1. The van der Waals surface area contributed by atoms with Crippen molar-refractivity contribution in [3.63, 3.8) is 0 Å². The van der Waals surface area contributed by atoms with Crippen molar-refractivity contribution < 1.29 is 18.3 Å². The zero-order valence-corrected chi connectivity index (χ0v) is 8.06. The first-order valence-electron chi connectivity index (χ1n) is 4.21. The number of benzene rings is 1. The van der Waals surface area contributed by atoms with E-state index in [2.05, 4.69) is 9.84 Å². The summed E-state index contributed by atoms with van der Waals surface area (Å²) >= 11 is 0. The first-order chi connectivity index (χ1) is 7.58. The highest BCUT2D eigenvalue weighted by Crippen LogP contribution is 2.13. The lowest BCUT2D eigenvalue weighted by atomic mass is 10.2. The van der Waals surface area contributed by atoms with Crippen LogP contribution in [0.25, 0.3) is 0 Å². The highest BCUT2D eigenvalue weighted by Gasteiger charge is 2.02. The average molecular weight is 229 g/mol. The van der Waals surface area contributed by atoms with Crippen molar-refractivity contribution in [2.45, 2.75) is 6.61 Å². The third-order valence-corrected chi connectivity index (χ3v) is 1.49. The summed E-state index contributed by atoms with van der Waals surface area (Å²) in [7, 11) is 0. The number of hydrazone groups is 1. The summed E-state index contributed by atoms with van der Waals surface area (Å²) in [6.07, 6.45) is 1.32. The van der Waals surface area contributed by atoms with Gasteiger partial charge in [-0.1, -0.05) is 0 Å². The number of hydrogen-bond donors (Lipinski definition) is 2. The number of nitrogens with zero attached hydrogens (tertiary/aromatic N) is 1. The summed E-state index contributed by atoms with van der Waals surface area (Å²) < 4.78 is 27.7. The number of carbonyl (C=O) groups is 1. The third kappa shape index (κ3) is 4.36. The third-order valence-electron chi connectivity index (χ3n) is 1.49. The van der Waals surface area contributed by atoms with Gasteiger partial charge in [-0.3, -0.25) is 0 Å². The van der Waals surface area contributed by atoms with Crippen molar-refractivity contribution in [1.82, 2.24) is 5.43 Å². The summed E-state index contributed by atoms with van der Waals surface area (Å²) in [5, 5.41) is 3.49. The molecule has 0 aliphatic heterocycles. The highest BCUT2D eigenvalue weighted by molar-refractivity contribution is 5.81. The number of halogens is 2. The number of carbonyl (C=O) groups excluding carboxylic acids is 1. The maximum Gasteiger partial charge on any atom is 0.387 e. The number of ether oxygens (including phenoxy) is 1. The number of alkyl halides is 2. The fraction of sp³-hybridized carbons (Fsp3) is 0.111. The Labute approximate surface area is 89.9 Å². The summed E-state index contributed by atoms with van der Waals surface area (Å²) in [4.78, 5) is 10.3. The molecule has 0 atom stereocenters. The Balaban J connectivity index is 2.57. The fourth-order valence-corrected chi connectivity index (χ4v) is 0.906. The van der Waals surface area contributed by atoms with E-state index in [0.29, 0.717) is 5.56 Å². The number of amides is 2. The first kappa shape index (κ1) is 11.9. The van der Waals surface area contributed by atoms with Gasteiger partial charge in [-0.05, 0) is 29.8 Å². The Morgan fingerprint density at radius 3 is 2.56 bits per heavy atom. The second-order valence-electron chi connectivity index (χ2n) is 2.68. The molecule has 1 aromatic rings. The van der Waals surface area contributed by atoms with E-state index in [9.17, 15) is 13.6 Å². The quantitative estimate of drug-likeness (QED) is 0.602. The molecule has 2 amide bonds. The Morgan fingerprint density at radius 1 is 1.44 bits per heavy atom. The van der Waals surface area contributed by atoms with Crippen molar-refractivity contribution in [3.05, 3.63) is 29.8 Å². The Bertz CT molecular complexity index is 379. The molecule has 16 heavy (non-hydrogen) atoms. The van der Waals surface area contributed by atoms with Crippen LogP contribution in [0.3, 0.4) is 0 Å². The molecule has 0 radical (unpaired) electrons. The molecule has 0 saturated carbocycles. The van der Waals surface area contributed by atoms with Gasteiger partial charge >= 0.3 is 12.6 Å². The molecule has 0 aromatic heterocycles. The van der Waals surface area contributed by atoms with Crippen LogP contribution in [-0.2, 0) is 0 Å². The van der Waals surface area contributed by atoms with Gasteiger partial charge in [0.2, 0.25) is 0 Å². The van der Waals surface area contributed by atoms with E-state index in [1.54, 1.807) is 0 Å². The number of hydrogen-bond acceptors (Lipinski definition) is 3. The SMILES string of the molecule is NC(=O)N/N=C\c1ccc(OC(F)F)cc1. The molecule has 0 heterocycles. The van der Waals surface area contributed by atoms with Gasteiger partial charge in [0.25, 0.3) is 0 Å². The van der Waals surface area contributed by atoms with Gasteiger partial charge in [0.1, 0.15) is 5.75 Å². The van der Waals surface area contributed by atoms with Gasteiger partial charge in [-0.2, -0.15) is 13.9 Å². The number of nitrogens with one attached hydrogen (secondary N) is 1. The van der Waals surface area contributed by atoms with Crippen molar-refractivity contribution in [1.29, 1.82) is 0 Å². The molecule has 7 heteroatoms. The predicted octanol–water partition coefficient (Wildman–Crippen LogP) is 1.29. The average Bonchev–Trinajstić information content (AvgIpc) is 2.19. The summed E-state index contributed by atoms with van der Waals surface area (Å²) in [6, 6.07) is 4.94. The highest BCUT2D eigenvalue weighted by atomic mass is 19.3. The Morgan fingerprint density at radius 2 is 2.06 bits per heavy atom. The van der Waals surface area contributed by atoms with Crippen LogP contribution in [0, 0.1) is 0 Å². The van der Waals surface area contributed by atoms with E-state index >= 15 is 0 Å². The van der Waals surface area contributed by atoms with Crippen LogP contribution >= 0.6 is 0 Å². The molecular formula is C9H9F2N3O2. The molecule has 86 valence electrons. The number of urea groups is 1. The van der Waals surface area contributed by atoms with Crippen LogP contribution in [0.2, 0.25) is 0 Å². The smallest absolute Gasteiger partial charge is 0.387 e. The summed E-state index contributed by atoms with van der Waals surface area (Å²) in [6.45, 7) is -2.85. The minimum atomic E-state index is -2.85. The largest absolute Gasteiger partial charge is 0.435 e. The van der Waals surface area contributed by atoms with Gasteiger partial charge in [0.15, 0.2) is 0 Å². The van der Waals surface area contributed by atoms with E-state index < -0.39 is 12.6 Å².